The molecule has 1 aromatic rings. The van der Waals surface area contributed by atoms with Crippen LogP contribution in [0.4, 0.5) is 0 Å². The van der Waals surface area contributed by atoms with E-state index in [0.717, 1.165) is 0 Å². The van der Waals surface area contributed by atoms with Crippen LogP contribution in [0.25, 0.3) is 0 Å². The van der Waals surface area contributed by atoms with Crippen molar-refractivity contribution in [3.05, 3.63) is 11.2 Å². The summed E-state index contributed by atoms with van der Waals surface area (Å²) >= 11 is 5.41. The Kier molecular flexibility index (Phi) is 2.46. The summed E-state index contributed by atoms with van der Waals surface area (Å²) in [5, 5.41) is 7.19. The van der Waals surface area contributed by atoms with Gasteiger partial charge in [-0.25, -0.2) is 0 Å². The minimum atomic E-state index is -0.227. The van der Waals surface area contributed by atoms with Gasteiger partial charge in [-0.2, -0.15) is 0 Å². The zero-order chi connectivity index (χ0) is 8.43. The van der Waals surface area contributed by atoms with Gasteiger partial charge in [0.05, 0.1) is 6.04 Å². The van der Waals surface area contributed by atoms with Crippen molar-refractivity contribution in [3.8, 4) is 0 Å². The van der Waals surface area contributed by atoms with Crippen LogP contribution in [0.15, 0.2) is 4.42 Å². The maximum atomic E-state index is 5.70. The van der Waals surface area contributed by atoms with Crippen molar-refractivity contribution in [2.75, 3.05) is 0 Å². The standard InChI is InChI=1S/C6H10ClN3O/c1-3(2)4(8)5-9-10-6(7)11-5/h3-4H,8H2,1-2H3. The normalized spacial score (nSPS) is 13.9. The largest absolute Gasteiger partial charge is 0.410 e. The van der Waals surface area contributed by atoms with Crippen LogP contribution in [0, 0.1) is 5.92 Å². The zero-order valence-corrected chi connectivity index (χ0v) is 7.17. The van der Waals surface area contributed by atoms with Gasteiger partial charge in [-0.05, 0) is 17.5 Å². The van der Waals surface area contributed by atoms with Crippen LogP contribution < -0.4 is 5.73 Å². The molecule has 1 heterocycles. The van der Waals surface area contributed by atoms with Crippen LogP contribution in [0.5, 0.6) is 0 Å². The van der Waals surface area contributed by atoms with Crippen molar-refractivity contribution < 1.29 is 4.42 Å². The van der Waals surface area contributed by atoms with Gasteiger partial charge >= 0.3 is 5.35 Å². The van der Waals surface area contributed by atoms with Crippen molar-refractivity contribution in [3.63, 3.8) is 0 Å². The average Bonchev–Trinajstić information content (AvgIpc) is 2.34. The first-order chi connectivity index (χ1) is 5.11. The van der Waals surface area contributed by atoms with Crippen LogP contribution in [-0.4, -0.2) is 10.2 Å². The molecule has 0 spiro atoms. The molecule has 1 aromatic heterocycles. The van der Waals surface area contributed by atoms with Gasteiger partial charge in [0.15, 0.2) is 0 Å². The Balaban J connectivity index is 2.76. The molecule has 0 aliphatic heterocycles. The Labute approximate surface area is 69.7 Å². The highest BCUT2D eigenvalue weighted by atomic mass is 35.5. The maximum absolute atomic E-state index is 5.70. The fraction of sp³-hybridized carbons (Fsp3) is 0.667. The SMILES string of the molecule is CC(C)C(N)c1nnc(Cl)o1. The van der Waals surface area contributed by atoms with Crippen molar-refractivity contribution in [1.29, 1.82) is 0 Å². The number of hydrogen-bond acceptors (Lipinski definition) is 4. The molecule has 0 radical (unpaired) electrons. The number of aromatic nitrogens is 2. The van der Waals surface area contributed by atoms with Crippen LogP contribution >= 0.6 is 11.6 Å². The van der Waals surface area contributed by atoms with Crippen LogP contribution in [0.1, 0.15) is 25.8 Å². The van der Waals surface area contributed by atoms with Crippen LogP contribution in [0.3, 0.4) is 0 Å². The Morgan fingerprint density at radius 2 is 2.09 bits per heavy atom. The first kappa shape index (κ1) is 8.49. The second-order valence-electron chi connectivity index (χ2n) is 2.66. The molecule has 4 nitrogen and oxygen atoms in total. The molecule has 1 atom stereocenters. The second kappa shape index (κ2) is 3.19. The topological polar surface area (TPSA) is 64.9 Å². The molecule has 1 rings (SSSR count). The van der Waals surface area contributed by atoms with Gasteiger partial charge in [0.25, 0.3) is 0 Å². The summed E-state index contributed by atoms with van der Waals surface area (Å²) in [5.74, 6) is 0.663. The van der Waals surface area contributed by atoms with E-state index in [1.165, 1.54) is 0 Å². The van der Waals surface area contributed by atoms with Crippen molar-refractivity contribution in [1.82, 2.24) is 10.2 Å². The van der Waals surface area contributed by atoms with Crippen molar-refractivity contribution >= 4 is 11.6 Å². The second-order valence-corrected chi connectivity index (χ2v) is 2.99. The van der Waals surface area contributed by atoms with Gasteiger partial charge in [0.2, 0.25) is 5.89 Å². The average molecular weight is 176 g/mol. The lowest BCUT2D eigenvalue weighted by Gasteiger charge is -2.09. The van der Waals surface area contributed by atoms with Gasteiger partial charge in [-0.1, -0.05) is 18.9 Å². The van der Waals surface area contributed by atoms with Gasteiger partial charge in [0.1, 0.15) is 0 Å². The summed E-state index contributed by atoms with van der Waals surface area (Å²) in [5.41, 5.74) is 5.70. The summed E-state index contributed by atoms with van der Waals surface area (Å²) < 4.78 is 4.92. The number of halogens is 1. The summed E-state index contributed by atoms with van der Waals surface area (Å²) in [6, 6.07) is -0.227. The molecule has 0 aliphatic rings. The highest BCUT2D eigenvalue weighted by Crippen LogP contribution is 2.18. The molecule has 0 aromatic carbocycles. The molecule has 0 saturated carbocycles. The maximum Gasteiger partial charge on any atom is 0.312 e. The predicted molar refractivity (Wildman–Crippen MR) is 41.1 cm³/mol. The lowest BCUT2D eigenvalue weighted by Crippen LogP contribution is -2.16. The summed E-state index contributed by atoms with van der Waals surface area (Å²) in [4.78, 5) is 0. The van der Waals surface area contributed by atoms with E-state index in [4.69, 9.17) is 21.8 Å². The van der Waals surface area contributed by atoms with E-state index >= 15 is 0 Å². The molecule has 0 amide bonds. The summed E-state index contributed by atoms with van der Waals surface area (Å²) in [6.07, 6.45) is 0. The van der Waals surface area contributed by atoms with Gasteiger partial charge < -0.3 is 10.2 Å². The highest BCUT2D eigenvalue weighted by molar-refractivity contribution is 6.27. The number of rotatable bonds is 2. The van der Waals surface area contributed by atoms with Gasteiger partial charge in [-0.3, -0.25) is 0 Å². The third kappa shape index (κ3) is 1.91. The molecule has 2 N–H and O–H groups in total. The molecule has 0 bridgehead atoms. The lowest BCUT2D eigenvalue weighted by molar-refractivity contribution is 0.389. The lowest BCUT2D eigenvalue weighted by atomic mass is 10.1. The van der Waals surface area contributed by atoms with E-state index in [2.05, 4.69) is 10.2 Å². The number of hydrogen-bond donors (Lipinski definition) is 1. The van der Waals surface area contributed by atoms with Crippen molar-refractivity contribution in [2.45, 2.75) is 19.9 Å². The monoisotopic (exact) mass is 175 g/mol. The Hall–Kier alpha value is -0.610. The molecular weight excluding hydrogens is 166 g/mol. The van der Waals surface area contributed by atoms with Gasteiger partial charge in [-0.15, -0.1) is 5.10 Å². The third-order valence-corrected chi connectivity index (χ3v) is 1.57. The quantitative estimate of drug-likeness (QED) is 0.738. The van der Waals surface area contributed by atoms with Gasteiger partial charge in [0, 0.05) is 0 Å². The summed E-state index contributed by atoms with van der Waals surface area (Å²) in [7, 11) is 0. The van der Waals surface area contributed by atoms with E-state index in [1.807, 2.05) is 13.8 Å². The first-order valence-corrected chi connectivity index (χ1v) is 3.73. The highest BCUT2D eigenvalue weighted by Gasteiger charge is 2.16. The Morgan fingerprint density at radius 1 is 1.45 bits per heavy atom. The van der Waals surface area contributed by atoms with Crippen LogP contribution in [0.2, 0.25) is 5.35 Å². The molecule has 62 valence electrons. The Bertz CT molecular complexity index is 235. The zero-order valence-electron chi connectivity index (χ0n) is 6.41. The van der Waals surface area contributed by atoms with E-state index in [9.17, 15) is 0 Å². The molecule has 0 fully saturated rings. The third-order valence-electron chi connectivity index (χ3n) is 1.42. The predicted octanol–water partition coefficient (Wildman–Crippen LogP) is 1.38. The number of nitrogens with zero attached hydrogens (tertiary/aromatic N) is 2. The van der Waals surface area contributed by atoms with E-state index in [1.54, 1.807) is 0 Å². The fourth-order valence-electron chi connectivity index (χ4n) is 0.636. The minimum Gasteiger partial charge on any atom is -0.410 e. The number of nitrogens with two attached hydrogens (primary N) is 1. The first-order valence-electron chi connectivity index (χ1n) is 3.35. The molecule has 0 aliphatic carbocycles. The van der Waals surface area contributed by atoms with E-state index in [0.29, 0.717) is 5.89 Å². The Morgan fingerprint density at radius 3 is 2.45 bits per heavy atom. The minimum absolute atomic E-state index is 0.0381. The molecule has 1 unspecified atom stereocenters. The molecule has 11 heavy (non-hydrogen) atoms. The molecule has 5 heteroatoms. The van der Waals surface area contributed by atoms with Crippen LogP contribution in [-0.2, 0) is 0 Å². The fourth-order valence-corrected chi connectivity index (χ4v) is 0.752. The summed E-state index contributed by atoms with van der Waals surface area (Å²) in [6.45, 7) is 3.95. The molecular formula is C6H10ClN3O. The smallest absolute Gasteiger partial charge is 0.312 e. The van der Waals surface area contributed by atoms with E-state index in [-0.39, 0.29) is 17.3 Å². The van der Waals surface area contributed by atoms with Crippen molar-refractivity contribution in [2.24, 2.45) is 11.7 Å². The van der Waals surface area contributed by atoms with E-state index < -0.39 is 0 Å². The molecule has 0 saturated heterocycles.